The van der Waals surface area contributed by atoms with Gasteiger partial charge in [0, 0.05) is 13.0 Å². The molecular formula is C10H20N4O. The molecule has 0 saturated carbocycles. The maximum absolute atomic E-state index is 5.56. The van der Waals surface area contributed by atoms with E-state index >= 15 is 0 Å². The Balaban J connectivity index is 2.66. The van der Waals surface area contributed by atoms with E-state index < -0.39 is 5.60 Å². The summed E-state index contributed by atoms with van der Waals surface area (Å²) in [5.41, 5.74) is 5.01. The maximum atomic E-state index is 5.56. The Morgan fingerprint density at radius 3 is 2.80 bits per heavy atom. The molecule has 3 N–H and O–H groups in total. The van der Waals surface area contributed by atoms with Crippen LogP contribution in [0.5, 0.6) is 0 Å². The van der Waals surface area contributed by atoms with Crippen LogP contribution in [0, 0.1) is 0 Å². The van der Waals surface area contributed by atoms with Crippen LogP contribution in [0.1, 0.15) is 38.8 Å². The summed E-state index contributed by atoms with van der Waals surface area (Å²) in [4.78, 5) is 4.39. The standard InChI is InChI=1S/C10H20N4O/c1-4-15-10(2,3)9-12-8(13-14-9)6-5-7-11/h4-7,11H2,1-3H3,(H,12,13,14). The highest BCUT2D eigenvalue weighted by Crippen LogP contribution is 2.20. The van der Waals surface area contributed by atoms with Crippen molar-refractivity contribution in [2.45, 2.75) is 39.2 Å². The van der Waals surface area contributed by atoms with E-state index in [1.165, 1.54) is 0 Å². The first-order chi connectivity index (χ1) is 7.10. The molecule has 0 bridgehead atoms. The van der Waals surface area contributed by atoms with Gasteiger partial charge in [0.1, 0.15) is 11.4 Å². The Morgan fingerprint density at radius 2 is 2.20 bits per heavy atom. The van der Waals surface area contributed by atoms with Gasteiger partial charge in [0.2, 0.25) is 0 Å². The molecule has 0 unspecified atom stereocenters. The molecule has 0 amide bonds. The topological polar surface area (TPSA) is 76.8 Å². The first kappa shape index (κ1) is 12.1. The highest BCUT2D eigenvalue weighted by atomic mass is 16.5. The largest absolute Gasteiger partial charge is 0.368 e. The van der Waals surface area contributed by atoms with Crippen molar-refractivity contribution in [3.8, 4) is 0 Å². The molecule has 0 aliphatic heterocycles. The molecule has 1 aromatic heterocycles. The van der Waals surface area contributed by atoms with Gasteiger partial charge in [0.15, 0.2) is 5.82 Å². The van der Waals surface area contributed by atoms with Gasteiger partial charge in [-0.3, -0.25) is 5.10 Å². The predicted octanol–water partition coefficient (Wildman–Crippen LogP) is 0.968. The van der Waals surface area contributed by atoms with Crippen LogP contribution in [0.25, 0.3) is 0 Å². The number of H-pyrrole nitrogens is 1. The molecule has 0 aliphatic carbocycles. The zero-order valence-corrected chi connectivity index (χ0v) is 9.71. The number of nitrogens with one attached hydrogen (secondary N) is 1. The van der Waals surface area contributed by atoms with Gasteiger partial charge in [-0.05, 0) is 33.7 Å². The zero-order chi connectivity index (χ0) is 11.3. The summed E-state index contributed by atoms with van der Waals surface area (Å²) in [7, 11) is 0. The number of aromatic nitrogens is 3. The van der Waals surface area contributed by atoms with Crippen LogP contribution in [-0.4, -0.2) is 28.3 Å². The molecule has 0 fully saturated rings. The SMILES string of the molecule is CCOC(C)(C)c1n[nH]c(CCCN)n1. The third kappa shape index (κ3) is 3.28. The second-order valence-electron chi connectivity index (χ2n) is 3.94. The maximum Gasteiger partial charge on any atom is 0.181 e. The van der Waals surface area contributed by atoms with Crippen LogP contribution in [0.4, 0.5) is 0 Å². The second-order valence-corrected chi connectivity index (χ2v) is 3.94. The van der Waals surface area contributed by atoms with Crippen molar-refractivity contribution < 1.29 is 4.74 Å². The van der Waals surface area contributed by atoms with Crippen molar-refractivity contribution in [2.75, 3.05) is 13.2 Å². The predicted molar refractivity (Wildman–Crippen MR) is 58.4 cm³/mol. The van der Waals surface area contributed by atoms with E-state index in [1.807, 2.05) is 20.8 Å². The minimum absolute atomic E-state index is 0.424. The Kier molecular flexibility index (Phi) is 4.23. The van der Waals surface area contributed by atoms with Gasteiger partial charge in [-0.25, -0.2) is 4.98 Å². The van der Waals surface area contributed by atoms with Gasteiger partial charge in [0.25, 0.3) is 0 Å². The van der Waals surface area contributed by atoms with Crippen molar-refractivity contribution >= 4 is 0 Å². The molecule has 1 rings (SSSR count). The minimum Gasteiger partial charge on any atom is -0.368 e. The lowest BCUT2D eigenvalue weighted by Gasteiger charge is -2.20. The number of hydrogen-bond donors (Lipinski definition) is 2. The third-order valence-electron chi connectivity index (χ3n) is 2.19. The number of aryl methyl sites for hydroxylation is 1. The molecule has 1 heterocycles. The van der Waals surface area contributed by atoms with Crippen LogP contribution in [-0.2, 0) is 16.8 Å². The molecule has 15 heavy (non-hydrogen) atoms. The van der Waals surface area contributed by atoms with Gasteiger partial charge in [-0.2, -0.15) is 5.10 Å². The molecule has 5 nitrogen and oxygen atoms in total. The molecule has 0 saturated heterocycles. The van der Waals surface area contributed by atoms with Crippen molar-refractivity contribution in [2.24, 2.45) is 5.73 Å². The summed E-state index contributed by atoms with van der Waals surface area (Å²) in [6.45, 7) is 7.22. The summed E-state index contributed by atoms with van der Waals surface area (Å²) in [6, 6.07) is 0. The first-order valence-electron chi connectivity index (χ1n) is 5.36. The van der Waals surface area contributed by atoms with Crippen LogP contribution in [0.15, 0.2) is 0 Å². The van der Waals surface area contributed by atoms with E-state index in [0.717, 1.165) is 18.7 Å². The summed E-state index contributed by atoms with van der Waals surface area (Å²) in [6.07, 6.45) is 1.76. The van der Waals surface area contributed by atoms with Crippen molar-refractivity contribution in [3.05, 3.63) is 11.6 Å². The molecule has 0 radical (unpaired) electrons. The van der Waals surface area contributed by atoms with E-state index in [4.69, 9.17) is 10.5 Å². The lowest BCUT2D eigenvalue weighted by Crippen LogP contribution is -2.23. The molecule has 5 heteroatoms. The summed E-state index contributed by atoms with van der Waals surface area (Å²) in [5, 5.41) is 7.07. The second kappa shape index (κ2) is 5.23. The zero-order valence-electron chi connectivity index (χ0n) is 9.71. The fourth-order valence-corrected chi connectivity index (χ4v) is 1.37. The van der Waals surface area contributed by atoms with E-state index in [2.05, 4.69) is 15.2 Å². The average molecular weight is 212 g/mol. The number of rotatable bonds is 6. The van der Waals surface area contributed by atoms with Gasteiger partial charge in [-0.15, -0.1) is 0 Å². The van der Waals surface area contributed by atoms with E-state index in [-0.39, 0.29) is 0 Å². The fraction of sp³-hybridized carbons (Fsp3) is 0.800. The van der Waals surface area contributed by atoms with Crippen LogP contribution < -0.4 is 5.73 Å². The quantitative estimate of drug-likeness (QED) is 0.736. The van der Waals surface area contributed by atoms with Gasteiger partial charge in [-0.1, -0.05) is 0 Å². The molecule has 0 aliphatic rings. The summed E-state index contributed by atoms with van der Waals surface area (Å²) >= 11 is 0. The lowest BCUT2D eigenvalue weighted by molar-refractivity contribution is -0.0205. The number of nitrogens with zero attached hydrogens (tertiary/aromatic N) is 2. The highest BCUT2D eigenvalue weighted by molar-refractivity contribution is 4.99. The Bertz CT molecular complexity index is 295. The minimum atomic E-state index is -0.424. The van der Waals surface area contributed by atoms with E-state index in [9.17, 15) is 0 Å². The lowest BCUT2D eigenvalue weighted by atomic mass is 10.1. The molecule has 1 aromatic rings. The number of nitrogens with two attached hydrogens (primary N) is 1. The highest BCUT2D eigenvalue weighted by Gasteiger charge is 2.25. The van der Waals surface area contributed by atoms with Gasteiger partial charge >= 0.3 is 0 Å². The van der Waals surface area contributed by atoms with E-state index in [0.29, 0.717) is 19.0 Å². The fourth-order valence-electron chi connectivity index (χ4n) is 1.37. The Labute approximate surface area is 90.4 Å². The number of hydrogen-bond acceptors (Lipinski definition) is 4. The van der Waals surface area contributed by atoms with E-state index in [1.54, 1.807) is 0 Å². The smallest absolute Gasteiger partial charge is 0.181 e. The number of ether oxygens (including phenoxy) is 1. The van der Waals surface area contributed by atoms with Crippen molar-refractivity contribution in [1.29, 1.82) is 0 Å². The molecule has 0 atom stereocenters. The first-order valence-corrected chi connectivity index (χ1v) is 5.36. The molecular weight excluding hydrogens is 192 g/mol. The van der Waals surface area contributed by atoms with Crippen LogP contribution in [0.2, 0.25) is 0 Å². The Morgan fingerprint density at radius 1 is 1.47 bits per heavy atom. The number of aromatic amines is 1. The molecule has 0 spiro atoms. The van der Waals surface area contributed by atoms with Crippen LogP contribution in [0.3, 0.4) is 0 Å². The molecule has 86 valence electrons. The van der Waals surface area contributed by atoms with Crippen LogP contribution >= 0.6 is 0 Å². The van der Waals surface area contributed by atoms with Gasteiger partial charge < -0.3 is 10.5 Å². The third-order valence-corrected chi connectivity index (χ3v) is 2.19. The Hall–Kier alpha value is -0.940. The van der Waals surface area contributed by atoms with Gasteiger partial charge in [0.05, 0.1) is 0 Å². The summed E-state index contributed by atoms with van der Waals surface area (Å²) < 4.78 is 5.56. The average Bonchev–Trinajstić information content (AvgIpc) is 2.63. The van der Waals surface area contributed by atoms with Crippen molar-refractivity contribution in [3.63, 3.8) is 0 Å². The van der Waals surface area contributed by atoms with Crippen molar-refractivity contribution in [1.82, 2.24) is 15.2 Å². The summed E-state index contributed by atoms with van der Waals surface area (Å²) in [5.74, 6) is 1.58. The monoisotopic (exact) mass is 212 g/mol. The normalized spacial score (nSPS) is 12.0. The molecule has 0 aromatic carbocycles.